The Morgan fingerprint density at radius 1 is 1.37 bits per heavy atom. The molecule has 0 aliphatic rings. The summed E-state index contributed by atoms with van der Waals surface area (Å²) in [5.41, 5.74) is 0. The lowest BCUT2D eigenvalue weighted by atomic mass is 10.2. The predicted octanol–water partition coefficient (Wildman–Crippen LogP) is 1.57. The molecule has 1 rings (SSSR count). The number of alkyl halides is 3. The van der Waals surface area contributed by atoms with Gasteiger partial charge in [-0.1, -0.05) is 41.7 Å². The van der Waals surface area contributed by atoms with Gasteiger partial charge in [-0.2, -0.15) is 0 Å². The third-order valence-electron chi connectivity index (χ3n) is 1.93. The molecule has 0 saturated carbocycles. The molecule has 0 radical (unpaired) electrons. The first-order valence-electron chi connectivity index (χ1n) is 5.35. The molecule has 1 heterocycles. The Morgan fingerprint density at radius 2 is 2.05 bits per heavy atom. The molecule has 0 amide bonds. The first-order chi connectivity index (χ1) is 8.83. The Hall–Kier alpha value is -0.920. The van der Waals surface area contributed by atoms with Gasteiger partial charge in [0, 0.05) is 6.42 Å². The molecule has 0 aromatic carbocycles. The molecule has 0 fully saturated rings. The van der Waals surface area contributed by atoms with Crippen LogP contribution >= 0.6 is 34.8 Å². The Kier molecular flexibility index (Phi) is 5.96. The van der Waals surface area contributed by atoms with Crippen molar-refractivity contribution in [2.24, 2.45) is 0 Å². The molecular formula is C9H11Cl3N4O3. The van der Waals surface area contributed by atoms with Crippen molar-refractivity contribution in [3.8, 4) is 0 Å². The molecule has 0 bridgehead atoms. The summed E-state index contributed by atoms with van der Waals surface area (Å²) in [6.07, 6.45) is 0.951. The minimum Gasteiger partial charge on any atom is -0.460 e. The third kappa shape index (κ3) is 5.71. The first-order valence-corrected chi connectivity index (χ1v) is 6.48. The Morgan fingerprint density at radius 3 is 2.63 bits per heavy atom. The molecule has 0 spiro atoms. The van der Waals surface area contributed by atoms with Crippen molar-refractivity contribution in [1.82, 2.24) is 20.2 Å². The highest BCUT2D eigenvalue weighted by molar-refractivity contribution is 6.67. The second-order valence-corrected chi connectivity index (χ2v) is 6.13. The zero-order valence-electron chi connectivity index (χ0n) is 9.98. The van der Waals surface area contributed by atoms with Crippen LogP contribution in [0, 0.1) is 0 Å². The van der Waals surface area contributed by atoms with Crippen LogP contribution < -0.4 is 0 Å². The van der Waals surface area contributed by atoms with Gasteiger partial charge >= 0.3 is 5.97 Å². The van der Waals surface area contributed by atoms with Gasteiger partial charge in [0.1, 0.15) is 13.2 Å². The summed E-state index contributed by atoms with van der Waals surface area (Å²) in [5, 5.41) is 10.4. The lowest BCUT2D eigenvalue weighted by Crippen LogP contribution is -2.23. The van der Waals surface area contributed by atoms with E-state index in [9.17, 15) is 9.59 Å². The molecule has 0 N–H and O–H groups in total. The molecule has 0 atom stereocenters. The van der Waals surface area contributed by atoms with Crippen LogP contribution in [-0.4, -0.2) is 42.4 Å². The molecule has 0 aliphatic heterocycles. The predicted molar refractivity (Wildman–Crippen MR) is 68.3 cm³/mol. The van der Waals surface area contributed by atoms with Gasteiger partial charge in [0.15, 0.2) is 0 Å². The highest BCUT2D eigenvalue weighted by atomic mass is 35.6. The maximum Gasteiger partial charge on any atom is 0.328 e. The van der Waals surface area contributed by atoms with Crippen LogP contribution in [0.1, 0.15) is 30.4 Å². The molecule has 19 heavy (non-hydrogen) atoms. The quantitative estimate of drug-likeness (QED) is 0.447. The highest BCUT2D eigenvalue weighted by Crippen LogP contribution is 2.25. The summed E-state index contributed by atoms with van der Waals surface area (Å²) < 4.78 is 4.08. The Balaban J connectivity index is 2.60. The van der Waals surface area contributed by atoms with Gasteiger partial charge in [0.05, 0.1) is 0 Å². The molecule has 0 aliphatic carbocycles. The van der Waals surface area contributed by atoms with Crippen LogP contribution in [0.4, 0.5) is 0 Å². The summed E-state index contributed by atoms with van der Waals surface area (Å²) in [6, 6.07) is 0. The van der Waals surface area contributed by atoms with Crippen LogP contribution in [0.15, 0.2) is 0 Å². The van der Waals surface area contributed by atoms with E-state index >= 15 is 0 Å². The molecule has 10 heteroatoms. The Labute approximate surface area is 124 Å². The number of rotatable bonds is 6. The number of tetrazole rings is 1. The number of halogens is 3. The number of hydrogen-bond donors (Lipinski definition) is 0. The van der Waals surface area contributed by atoms with Gasteiger partial charge < -0.3 is 4.74 Å². The van der Waals surface area contributed by atoms with E-state index in [1.54, 1.807) is 0 Å². The number of ether oxygens (including phenoxy) is 1. The van der Waals surface area contributed by atoms with Crippen LogP contribution in [0.25, 0.3) is 0 Å². The van der Waals surface area contributed by atoms with E-state index in [0.717, 1.165) is 4.68 Å². The Bertz CT molecular complexity index is 458. The van der Waals surface area contributed by atoms with Crippen LogP contribution in [0.5, 0.6) is 0 Å². The van der Waals surface area contributed by atoms with Crippen molar-refractivity contribution < 1.29 is 14.3 Å². The lowest BCUT2D eigenvalue weighted by molar-refractivity contribution is -0.144. The minimum atomic E-state index is -1.68. The molecule has 7 nitrogen and oxygen atoms in total. The van der Waals surface area contributed by atoms with Crippen molar-refractivity contribution in [1.29, 1.82) is 0 Å². The second-order valence-electron chi connectivity index (χ2n) is 3.61. The average Bonchev–Trinajstić information content (AvgIpc) is 2.74. The van der Waals surface area contributed by atoms with E-state index in [-0.39, 0.29) is 18.2 Å². The van der Waals surface area contributed by atoms with Crippen LogP contribution in [0.2, 0.25) is 0 Å². The van der Waals surface area contributed by atoms with Gasteiger partial charge in [0.2, 0.25) is 15.4 Å². The molecule has 1 aromatic heterocycles. The van der Waals surface area contributed by atoms with Crippen molar-refractivity contribution in [2.45, 2.75) is 30.1 Å². The maximum atomic E-state index is 11.6. The van der Waals surface area contributed by atoms with E-state index < -0.39 is 16.4 Å². The normalized spacial score (nSPS) is 11.4. The largest absolute Gasteiger partial charge is 0.460 e. The summed E-state index contributed by atoms with van der Waals surface area (Å²) >= 11 is 16.3. The zero-order valence-corrected chi connectivity index (χ0v) is 12.2. The number of carbonyl (C=O) groups is 2. The maximum absolute atomic E-state index is 11.6. The summed E-state index contributed by atoms with van der Waals surface area (Å²) in [4.78, 5) is 23.1. The van der Waals surface area contributed by atoms with Crippen molar-refractivity contribution >= 4 is 46.6 Å². The SMILES string of the molecule is CCCC(=O)c1nnnn1CC(=O)OCC(Cl)(Cl)Cl. The van der Waals surface area contributed by atoms with Crippen molar-refractivity contribution in [2.75, 3.05) is 6.61 Å². The molecule has 0 saturated heterocycles. The van der Waals surface area contributed by atoms with Gasteiger partial charge in [-0.05, 0) is 16.8 Å². The molecule has 0 unspecified atom stereocenters. The summed E-state index contributed by atoms with van der Waals surface area (Å²) in [7, 11) is 0. The van der Waals surface area contributed by atoms with E-state index in [0.29, 0.717) is 12.8 Å². The third-order valence-corrected chi connectivity index (χ3v) is 2.26. The molecular weight excluding hydrogens is 318 g/mol. The number of aromatic nitrogens is 4. The number of ketones is 1. The zero-order chi connectivity index (χ0) is 14.5. The van der Waals surface area contributed by atoms with Crippen molar-refractivity contribution in [3.63, 3.8) is 0 Å². The molecule has 1 aromatic rings. The second kappa shape index (κ2) is 7.02. The van der Waals surface area contributed by atoms with E-state index in [4.69, 9.17) is 39.5 Å². The minimum absolute atomic E-state index is 0.00711. The van der Waals surface area contributed by atoms with E-state index in [2.05, 4.69) is 15.5 Å². The highest BCUT2D eigenvalue weighted by Gasteiger charge is 2.23. The summed E-state index contributed by atoms with van der Waals surface area (Å²) in [5.74, 6) is -0.946. The fourth-order valence-corrected chi connectivity index (χ4v) is 1.34. The van der Waals surface area contributed by atoms with E-state index in [1.807, 2.05) is 6.92 Å². The van der Waals surface area contributed by atoms with Crippen LogP contribution in [-0.2, 0) is 16.1 Å². The topological polar surface area (TPSA) is 87.0 Å². The van der Waals surface area contributed by atoms with Gasteiger partial charge in [0.25, 0.3) is 0 Å². The average molecular weight is 330 g/mol. The first kappa shape index (κ1) is 16.1. The van der Waals surface area contributed by atoms with Gasteiger partial charge in [-0.3, -0.25) is 9.59 Å². The van der Waals surface area contributed by atoms with Gasteiger partial charge in [-0.25, -0.2) is 4.68 Å². The summed E-state index contributed by atoms with van der Waals surface area (Å²) in [6.45, 7) is 1.14. The fraction of sp³-hybridized carbons (Fsp3) is 0.667. The molecule has 106 valence electrons. The smallest absolute Gasteiger partial charge is 0.328 e. The van der Waals surface area contributed by atoms with E-state index in [1.165, 1.54) is 0 Å². The van der Waals surface area contributed by atoms with Crippen LogP contribution in [0.3, 0.4) is 0 Å². The lowest BCUT2D eigenvalue weighted by Gasteiger charge is -2.11. The number of esters is 1. The number of carbonyl (C=O) groups excluding carboxylic acids is 2. The monoisotopic (exact) mass is 328 g/mol. The van der Waals surface area contributed by atoms with Crippen molar-refractivity contribution in [3.05, 3.63) is 5.82 Å². The number of hydrogen-bond acceptors (Lipinski definition) is 6. The number of nitrogens with zero attached hydrogens (tertiary/aromatic N) is 4. The number of Topliss-reactive ketones (excluding diaryl/α,β-unsaturated/α-hetero) is 1. The standard InChI is InChI=1S/C9H11Cl3N4O3/c1-2-3-6(17)8-13-14-15-16(8)4-7(18)19-5-9(10,11)12/h2-5H2,1H3. The fourth-order valence-electron chi connectivity index (χ4n) is 1.18. The van der Waals surface area contributed by atoms with Gasteiger partial charge in [-0.15, -0.1) is 5.10 Å².